The molecule has 0 bridgehead atoms. The van der Waals surface area contributed by atoms with Gasteiger partial charge in [0.05, 0.1) is 24.1 Å². The molecule has 0 atom stereocenters. The Kier molecular flexibility index (Phi) is 7.09. The number of alkyl halides is 3. The van der Waals surface area contributed by atoms with E-state index in [-0.39, 0.29) is 17.9 Å². The smallest absolute Gasteiger partial charge is 0.432 e. The van der Waals surface area contributed by atoms with Gasteiger partial charge in [0.2, 0.25) is 0 Å². The lowest BCUT2D eigenvalue weighted by atomic mass is 10.1. The Morgan fingerprint density at radius 1 is 1.21 bits per heavy atom. The molecule has 2 aromatic carbocycles. The van der Waals surface area contributed by atoms with Gasteiger partial charge in [-0.05, 0) is 43.3 Å². The van der Waals surface area contributed by atoms with E-state index in [1.807, 2.05) is 0 Å². The second-order valence-corrected chi connectivity index (χ2v) is 6.76. The number of rotatable bonds is 8. The van der Waals surface area contributed by atoms with Crippen LogP contribution in [0, 0.1) is 5.41 Å². The molecular weight excluding hydrogens is 455 g/mol. The molecule has 3 N–H and O–H groups in total. The topological polar surface area (TPSA) is 130 Å². The third-order valence-electron chi connectivity index (χ3n) is 4.49. The molecule has 1 heterocycles. The predicted molar refractivity (Wildman–Crippen MR) is 116 cm³/mol. The van der Waals surface area contributed by atoms with Crippen LogP contribution in [-0.4, -0.2) is 51.0 Å². The van der Waals surface area contributed by atoms with Gasteiger partial charge >= 0.3 is 18.1 Å². The van der Waals surface area contributed by atoms with Crippen molar-refractivity contribution in [3.63, 3.8) is 0 Å². The Bertz CT molecular complexity index is 1250. The average Bonchev–Trinajstić information content (AvgIpc) is 3.29. The molecule has 0 aliphatic heterocycles. The number of hydrogen-bond donors (Lipinski definition) is 3. The van der Waals surface area contributed by atoms with E-state index in [4.69, 9.17) is 10.5 Å². The summed E-state index contributed by atoms with van der Waals surface area (Å²) in [7, 11) is 0. The zero-order valence-electron chi connectivity index (χ0n) is 17.6. The van der Waals surface area contributed by atoms with Crippen LogP contribution < -0.4 is 5.32 Å². The number of esters is 1. The van der Waals surface area contributed by atoms with Gasteiger partial charge in [-0.15, -0.1) is 5.10 Å². The first-order chi connectivity index (χ1) is 16.1. The number of carbonyl (C=O) groups excluding carboxylic acids is 1. The number of halogens is 3. The molecule has 0 fully saturated rings. The highest BCUT2D eigenvalue weighted by Crippen LogP contribution is 2.30. The second kappa shape index (κ2) is 9.98. The van der Waals surface area contributed by atoms with Gasteiger partial charge in [-0.25, -0.2) is 14.3 Å². The Labute approximate surface area is 191 Å². The number of ether oxygens (including phenoxy) is 1. The molecule has 0 amide bonds. The van der Waals surface area contributed by atoms with Crippen molar-refractivity contribution < 1.29 is 32.6 Å². The van der Waals surface area contributed by atoms with Crippen LogP contribution in [-0.2, 0) is 9.53 Å². The predicted octanol–water partition coefficient (Wildman–Crippen LogP) is 4.07. The van der Waals surface area contributed by atoms with Gasteiger partial charge in [-0.2, -0.15) is 13.2 Å². The average molecular weight is 473 g/mol. The van der Waals surface area contributed by atoms with Gasteiger partial charge < -0.3 is 20.6 Å². The van der Waals surface area contributed by atoms with E-state index in [2.05, 4.69) is 20.4 Å². The number of hydrogen-bond acceptors (Lipinski definition) is 7. The molecule has 0 saturated carbocycles. The number of aromatic carboxylic acids is 1. The van der Waals surface area contributed by atoms with Crippen molar-refractivity contribution in [3.05, 3.63) is 71.6 Å². The standard InChI is InChI=1S/C22H18F3N5O4/c1-2-34-21(33)17(11-26)19(22(23,24)25)27-15-6-8-16(9-7-15)30-12-18(28-29-30)13-4-3-5-14(10-13)20(31)32/h3-12,26-27H,2H2,1H3,(H,31,32)/b19-17+,26-11?. The molecule has 0 aliphatic carbocycles. The highest BCUT2D eigenvalue weighted by molar-refractivity contribution is 6.10. The summed E-state index contributed by atoms with van der Waals surface area (Å²) in [6, 6.07) is 11.7. The first kappa shape index (κ1) is 24.2. The van der Waals surface area contributed by atoms with E-state index in [0.29, 0.717) is 23.2 Å². The minimum Gasteiger partial charge on any atom is -0.478 e. The van der Waals surface area contributed by atoms with E-state index >= 15 is 0 Å². The van der Waals surface area contributed by atoms with Gasteiger partial charge in [0.15, 0.2) is 0 Å². The number of aromatic nitrogens is 3. The highest BCUT2D eigenvalue weighted by Gasteiger charge is 2.38. The van der Waals surface area contributed by atoms with Crippen LogP contribution >= 0.6 is 0 Å². The van der Waals surface area contributed by atoms with Crippen molar-refractivity contribution in [2.24, 2.45) is 0 Å². The molecule has 176 valence electrons. The Morgan fingerprint density at radius 3 is 2.50 bits per heavy atom. The number of nitrogens with zero attached hydrogens (tertiary/aromatic N) is 3. The van der Waals surface area contributed by atoms with E-state index in [1.165, 1.54) is 48.0 Å². The van der Waals surface area contributed by atoms with E-state index in [9.17, 15) is 22.8 Å². The molecule has 3 rings (SSSR count). The Hall–Kier alpha value is -4.48. The molecule has 0 radical (unpaired) electrons. The number of anilines is 1. The van der Waals surface area contributed by atoms with Crippen molar-refractivity contribution in [1.29, 1.82) is 5.41 Å². The van der Waals surface area contributed by atoms with Crippen LogP contribution in [0.2, 0.25) is 0 Å². The third-order valence-corrected chi connectivity index (χ3v) is 4.49. The lowest BCUT2D eigenvalue weighted by Crippen LogP contribution is -2.25. The van der Waals surface area contributed by atoms with Crippen LogP contribution in [0.5, 0.6) is 0 Å². The molecule has 0 saturated heterocycles. The summed E-state index contributed by atoms with van der Waals surface area (Å²) in [6.45, 7) is 1.30. The van der Waals surface area contributed by atoms with Crippen molar-refractivity contribution in [2.45, 2.75) is 13.1 Å². The SMILES string of the molecule is CCOC(=O)/C(C=N)=C(/Nc1ccc(-n2cc(-c3cccc(C(=O)O)c3)nn2)cc1)C(F)(F)F. The molecule has 34 heavy (non-hydrogen) atoms. The van der Waals surface area contributed by atoms with Crippen molar-refractivity contribution in [2.75, 3.05) is 11.9 Å². The van der Waals surface area contributed by atoms with Crippen molar-refractivity contribution >= 4 is 23.8 Å². The number of carboxylic acid groups (broad SMARTS) is 1. The number of nitrogens with one attached hydrogen (secondary N) is 2. The zero-order chi connectivity index (χ0) is 24.9. The third kappa shape index (κ3) is 5.46. The van der Waals surface area contributed by atoms with Crippen LogP contribution in [0.1, 0.15) is 17.3 Å². The van der Waals surface area contributed by atoms with Crippen molar-refractivity contribution in [1.82, 2.24) is 15.0 Å². The molecule has 1 aromatic heterocycles. The minimum atomic E-state index is -4.94. The Balaban J connectivity index is 1.86. The maximum Gasteiger partial charge on any atom is 0.432 e. The van der Waals surface area contributed by atoms with Crippen molar-refractivity contribution in [3.8, 4) is 16.9 Å². The molecule has 0 spiro atoms. The van der Waals surface area contributed by atoms with Gasteiger partial charge in [0, 0.05) is 17.5 Å². The maximum atomic E-state index is 13.5. The number of allylic oxidation sites excluding steroid dienone is 1. The summed E-state index contributed by atoms with van der Waals surface area (Å²) >= 11 is 0. The second-order valence-electron chi connectivity index (χ2n) is 6.76. The number of carboxylic acids is 1. The molecule has 9 nitrogen and oxygen atoms in total. The minimum absolute atomic E-state index is 0.00854. The molecule has 0 aliphatic rings. The van der Waals surface area contributed by atoms with Crippen LogP contribution in [0.25, 0.3) is 16.9 Å². The fraction of sp³-hybridized carbons (Fsp3) is 0.136. The summed E-state index contributed by atoms with van der Waals surface area (Å²) in [4.78, 5) is 23.0. The van der Waals surface area contributed by atoms with E-state index in [1.54, 1.807) is 18.3 Å². The summed E-state index contributed by atoms with van der Waals surface area (Å²) < 4.78 is 46.6. The van der Waals surface area contributed by atoms with Crippen LogP contribution in [0.4, 0.5) is 18.9 Å². The summed E-state index contributed by atoms with van der Waals surface area (Å²) in [5.41, 5.74) is -0.885. The first-order valence-electron chi connectivity index (χ1n) is 9.76. The summed E-state index contributed by atoms with van der Waals surface area (Å²) in [5.74, 6) is -2.35. The molecule has 3 aromatic rings. The van der Waals surface area contributed by atoms with Gasteiger partial charge in [-0.3, -0.25) is 0 Å². The quantitative estimate of drug-likeness (QED) is 0.255. The monoisotopic (exact) mass is 473 g/mol. The van der Waals surface area contributed by atoms with Gasteiger partial charge in [-0.1, -0.05) is 17.3 Å². The summed E-state index contributed by atoms with van der Waals surface area (Å²) in [5, 5.41) is 26.5. The normalized spacial score (nSPS) is 12.0. The fourth-order valence-corrected chi connectivity index (χ4v) is 2.91. The van der Waals surface area contributed by atoms with E-state index in [0.717, 1.165) is 0 Å². The fourth-order valence-electron chi connectivity index (χ4n) is 2.91. The summed E-state index contributed by atoms with van der Waals surface area (Å²) in [6.07, 6.45) is -3.11. The number of carbonyl (C=O) groups is 2. The molecule has 12 heteroatoms. The first-order valence-corrected chi connectivity index (χ1v) is 9.76. The maximum absolute atomic E-state index is 13.5. The Morgan fingerprint density at radius 2 is 1.91 bits per heavy atom. The lowest BCUT2D eigenvalue weighted by Gasteiger charge is -2.17. The highest BCUT2D eigenvalue weighted by atomic mass is 19.4. The molecule has 0 unspecified atom stereocenters. The lowest BCUT2D eigenvalue weighted by molar-refractivity contribution is -0.139. The van der Waals surface area contributed by atoms with Gasteiger partial charge in [0.1, 0.15) is 17.0 Å². The van der Waals surface area contributed by atoms with Crippen LogP contribution in [0.15, 0.2) is 66.0 Å². The van der Waals surface area contributed by atoms with Crippen LogP contribution in [0.3, 0.4) is 0 Å². The zero-order valence-corrected chi connectivity index (χ0v) is 17.6. The largest absolute Gasteiger partial charge is 0.478 e. The van der Waals surface area contributed by atoms with Gasteiger partial charge in [0.25, 0.3) is 0 Å². The molecular formula is C22H18F3N5O4. The van der Waals surface area contributed by atoms with E-state index < -0.39 is 29.4 Å². The number of benzene rings is 2.